The maximum Gasteiger partial charge on any atom is 0.225 e. The van der Waals surface area contributed by atoms with Crippen molar-refractivity contribution in [1.29, 1.82) is 0 Å². The van der Waals surface area contributed by atoms with Gasteiger partial charge in [0.15, 0.2) is 0 Å². The Hall–Kier alpha value is -2.11. The molecule has 0 atom stereocenters. The third kappa shape index (κ3) is 4.96. The number of piperazine rings is 1. The van der Waals surface area contributed by atoms with E-state index >= 15 is 0 Å². The highest BCUT2D eigenvalue weighted by Gasteiger charge is 2.15. The minimum absolute atomic E-state index is 0.0873. The van der Waals surface area contributed by atoms with E-state index in [4.69, 9.17) is 0 Å². The average molecular weight is 354 g/mol. The average Bonchev–Trinajstić information content (AvgIpc) is 3.11. The van der Waals surface area contributed by atoms with Crippen LogP contribution in [-0.2, 0) is 11.2 Å². The number of hydrogen-bond acceptors (Lipinski definition) is 3. The first-order valence-electron chi connectivity index (χ1n) is 9.60. The van der Waals surface area contributed by atoms with E-state index in [1.54, 1.807) is 0 Å². The van der Waals surface area contributed by atoms with Crippen molar-refractivity contribution >= 4 is 5.91 Å². The maximum absolute atomic E-state index is 12.3. The van der Waals surface area contributed by atoms with Crippen LogP contribution in [0.15, 0.2) is 42.6 Å². The topological polar surface area (TPSA) is 40.5 Å². The largest absolute Gasteiger partial charge is 0.354 e. The number of benzene rings is 1. The van der Waals surface area contributed by atoms with Gasteiger partial charge in [-0.3, -0.25) is 9.69 Å². The van der Waals surface area contributed by atoms with E-state index in [1.807, 2.05) is 18.3 Å². The van der Waals surface area contributed by atoms with E-state index in [-0.39, 0.29) is 5.91 Å². The lowest BCUT2D eigenvalue weighted by Gasteiger charge is -2.33. The third-order valence-corrected chi connectivity index (χ3v) is 5.15. The number of carbonyl (C=O) groups excluding carboxylic acids is 1. The van der Waals surface area contributed by atoms with Crippen LogP contribution in [0.3, 0.4) is 0 Å². The summed E-state index contributed by atoms with van der Waals surface area (Å²) >= 11 is 0. The van der Waals surface area contributed by atoms with Gasteiger partial charge in [-0.1, -0.05) is 24.6 Å². The molecule has 1 saturated heterocycles. The van der Waals surface area contributed by atoms with Crippen molar-refractivity contribution in [3.8, 4) is 5.69 Å². The number of nitrogens with one attached hydrogen (secondary N) is 1. The number of hydrogen-bond donors (Lipinski definition) is 1. The lowest BCUT2D eigenvalue weighted by Crippen LogP contribution is -2.48. The zero-order valence-corrected chi connectivity index (χ0v) is 15.9. The summed E-state index contributed by atoms with van der Waals surface area (Å²) in [7, 11) is 0. The highest BCUT2D eigenvalue weighted by Crippen LogP contribution is 2.14. The van der Waals surface area contributed by atoms with Crippen LogP contribution in [0.25, 0.3) is 5.69 Å². The van der Waals surface area contributed by atoms with E-state index in [0.717, 1.165) is 57.2 Å². The minimum atomic E-state index is 0.0873. The van der Waals surface area contributed by atoms with Crippen molar-refractivity contribution in [2.24, 2.45) is 0 Å². The van der Waals surface area contributed by atoms with Gasteiger partial charge in [-0.05, 0) is 37.7 Å². The van der Waals surface area contributed by atoms with E-state index < -0.39 is 0 Å². The van der Waals surface area contributed by atoms with Crippen molar-refractivity contribution < 1.29 is 4.79 Å². The lowest BCUT2D eigenvalue weighted by molar-refractivity contribution is -0.120. The molecule has 1 fully saturated rings. The van der Waals surface area contributed by atoms with Crippen LogP contribution >= 0.6 is 0 Å². The monoisotopic (exact) mass is 354 g/mol. The molecular formula is C21H30N4O. The molecule has 5 nitrogen and oxygen atoms in total. The summed E-state index contributed by atoms with van der Waals surface area (Å²) in [6, 6.07) is 12.4. The summed E-state index contributed by atoms with van der Waals surface area (Å²) in [5, 5.41) is 3.07. The summed E-state index contributed by atoms with van der Waals surface area (Å²) in [6.45, 7) is 11.5. The highest BCUT2D eigenvalue weighted by atomic mass is 16.1. The minimum Gasteiger partial charge on any atom is -0.354 e. The molecule has 0 aliphatic carbocycles. The number of aryl methyl sites for hydroxylation is 1. The van der Waals surface area contributed by atoms with Crippen LogP contribution < -0.4 is 5.32 Å². The number of nitrogens with zero attached hydrogens (tertiary/aromatic N) is 3. The molecule has 1 aromatic heterocycles. The molecule has 5 heteroatoms. The zero-order chi connectivity index (χ0) is 18.4. The van der Waals surface area contributed by atoms with E-state index in [9.17, 15) is 4.79 Å². The molecule has 26 heavy (non-hydrogen) atoms. The first kappa shape index (κ1) is 18.7. The summed E-state index contributed by atoms with van der Waals surface area (Å²) in [6.07, 6.45) is 2.42. The molecule has 1 aromatic carbocycles. The first-order valence-corrected chi connectivity index (χ1v) is 9.60. The Bertz CT molecular complexity index is 699. The third-order valence-electron chi connectivity index (χ3n) is 5.15. The molecular weight excluding hydrogens is 324 g/mol. The van der Waals surface area contributed by atoms with Crippen molar-refractivity contribution in [2.45, 2.75) is 20.3 Å². The van der Waals surface area contributed by atoms with Crippen molar-refractivity contribution in [3.05, 3.63) is 53.9 Å². The molecule has 0 saturated carbocycles. The predicted octanol–water partition coefficient (Wildman–Crippen LogP) is 2.08. The van der Waals surface area contributed by atoms with Gasteiger partial charge in [-0.25, -0.2) is 0 Å². The van der Waals surface area contributed by atoms with Gasteiger partial charge in [0.1, 0.15) is 0 Å². The van der Waals surface area contributed by atoms with Gasteiger partial charge in [-0.2, -0.15) is 0 Å². The number of aromatic nitrogens is 1. The number of rotatable bonds is 7. The van der Waals surface area contributed by atoms with Crippen molar-refractivity contribution in [1.82, 2.24) is 19.7 Å². The van der Waals surface area contributed by atoms with Crippen LogP contribution in [0, 0.1) is 6.92 Å². The second-order valence-electron chi connectivity index (χ2n) is 7.01. The summed E-state index contributed by atoms with van der Waals surface area (Å²) in [4.78, 5) is 17.2. The molecule has 0 spiro atoms. The maximum atomic E-state index is 12.3. The second-order valence-corrected chi connectivity index (χ2v) is 7.01. The van der Waals surface area contributed by atoms with Crippen LogP contribution in [-0.4, -0.2) is 66.1 Å². The Morgan fingerprint density at radius 1 is 1.04 bits per heavy atom. The van der Waals surface area contributed by atoms with Crippen molar-refractivity contribution in [3.63, 3.8) is 0 Å². The second kappa shape index (κ2) is 9.01. The number of carbonyl (C=O) groups is 1. The van der Waals surface area contributed by atoms with Crippen LogP contribution in [0.2, 0.25) is 0 Å². The Labute approximate surface area is 156 Å². The first-order chi connectivity index (χ1) is 12.7. The van der Waals surface area contributed by atoms with Gasteiger partial charge in [0.05, 0.1) is 6.42 Å². The molecule has 1 amide bonds. The Morgan fingerprint density at radius 2 is 1.73 bits per heavy atom. The molecule has 0 radical (unpaired) electrons. The van der Waals surface area contributed by atoms with E-state index in [1.165, 1.54) is 5.56 Å². The summed E-state index contributed by atoms with van der Waals surface area (Å²) < 4.78 is 2.09. The van der Waals surface area contributed by atoms with Crippen molar-refractivity contribution in [2.75, 3.05) is 45.8 Å². The van der Waals surface area contributed by atoms with E-state index in [2.05, 4.69) is 57.8 Å². The van der Waals surface area contributed by atoms with Gasteiger partial charge >= 0.3 is 0 Å². The molecule has 2 heterocycles. The molecule has 140 valence electrons. The normalized spacial score (nSPS) is 15.9. The van der Waals surface area contributed by atoms with Gasteiger partial charge in [0.25, 0.3) is 0 Å². The molecule has 0 unspecified atom stereocenters. The lowest BCUT2D eigenvalue weighted by atomic mass is 10.2. The molecule has 2 aromatic rings. The van der Waals surface area contributed by atoms with Gasteiger partial charge in [0, 0.05) is 56.8 Å². The number of likely N-dealkylation sites (N-methyl/N-ethyl adjacent to an activating group) is 1. The standard InChI is InChI=1S/C21H30N4O/c1-3-23-13-15-24(16-14-23)12-10-22-21(26)17-20-5-4-11-25(20)19-8-6-18(2)7-9-19/h4-9,11H,3,10,12-17H2,1-2H3,(H,22,26). The number of amides is 1. The summed E-state index contributed by atoms with van der Waals surface area (Å²) in [5.41, 5.74) is 3.35. The van der Waals surface area contributed by atoms with Gasteiger partial charge in [0.2, 0.25) is 5.91 Å². The summed E-state index contributed by atoms with van der Waals surface area (Å²) in [5.74, 6) is 0.0873. The van der Waals surface area contributed by atoms with Crippen LogP contribution in [0.1, 0.15) is 18.2 Å². The van der Waals surface area contributed by atoms with Gasteiger partial charge in [-0.15, -0.1) is 0 Å². The van der Waals surface area contributed by atoms with Crippen LogP contribution in [0.5, 0.6) is 0 Å². The SMILES string of the molecule is CCN1CCN(CCNC(=O)Cc2cccn2-c2ccc(C)cc2)CC1. The van der Waals surface area contributed by atoms with Gasteiger partial charge < -0.3 is 14.8 Å². The molecule has 1 aliphatic rings. The molecule has 1 N–H and O–H groups in total. The molecule has 3 rings (SSSR count). The fraction of sp³-hybridized carbons (Fsp3) is 0.476. The Kier molecular flexibility index (Phi) is 6.47. The van der Waals surface area contributed by atoms with E-state index in [0.29, 0.717) is 6.42 Å². The Balaban J connectivity index is 1.46. The molecule has 1 aliphatic heterocycles. The fourth-order valence-corrected chi connectivity index (χ4v) is 3.43. The fourth-order valence-electron chi connectivity index (χ4n) is 3.43. The molecule has 0 bridgehead atoms. The highest BCUT2D eigenvalue weighted by molar-refractivity contribution is 5.78. The smallest absolute Gasteiger partial charge is 0.225 e. The zero-order valence-electron chi connectivity index (χ0n) is 15.9. The Morgan fingerprint density at radius 3 is 2.42 bits per heavy atom. The predicted molar refractivity (Wildman–Crippen MR) is 106 cm³/mol. The quantitative estimate of drug-likeness (QED) is 0.828. The van der Waals surface area contributed by atoms with Crippen LogP contribution in [0.4, 0.5) is 0 Å².